The first kappa shape index (κ1) is 24.3. The minimum absolute atomic E-state index is 0. The lowest BCUT2D eigenvalue weighted by molar-refractivity contribution is -0.307. The summed E-state index contributed by atoms with van der Waals surface area (Å²) in [5.74, 6) is -1.08. The Labute approximate surface area is 142 Å². The molecule has 0 aliphatic carbocycles. The number of ketones is 1. The first-order chi connectivity index (χ1) is 10.6. The van der Waals surface area contributed by atoms with Gasteiger partial charge in [-0.15, -0.1) is 0 Å². The van der Waals surface area contributed by atoms with E-state index in [1.54, 1.807) is 0 Å². The molecule has 0 radical (unpaired) electrons. The van der Waals surface area contributed by atoms with Crippen LogP contribution in [0.5, 0.6) is 0 Å². The number of carbonyl (C=O) groups excluding carboxylic acids is 2. The van der Waals surface area contributed by atoms with Gasteiger partial charge < -0.3 is 21.4 Å². The number of aliphatic carboxylic acids is 1. The predicted molar refractivity (Wildman–Crippen MR) is 94.5 cm³/mol. The quantitative estimate of drug-likeness (QED) is 0.423. The highest BCUT2D eigenvalue weighted by Crippen LogP contribution is 2.11. The van der Waals surface area contributed by atoms with Gasteiger partial charge in [-0.2, -0.15) is 0 Å². The number of carboxylic acid groups (broad SMARTS) is 1. The number of hydrogen-bond acceptors (Lipinski definition) is 4. The van der Waals surface area contributed by atoms with Crippen molar-refractivity contribution in [1.82, 2.24) is 11.5 Å². The highest BCUT2D eigenvalue weighted by Gasteiger charge is 2.05. The number of carboxylic acids is 1. The van der Waals surface area contributed by atoms with E-state index in [-0.39, 0.29) is 18.5 Å². The van der Waals surface area contributed by atoms with E-state index in [2.05, 4.69) is 12.2 Å². The van der Waals surface area contributed by atoms with Crippen molar-refractivity contribution in [3.05, 3.63) is 0 Å². The minimum atomic E-state index is -1.16. The van der Waals surface area contributed by atoms with Gasteiger partial charge in [0.15, 0.2) is 0 Å². The van der Waals surface area contributed by atoms with Crippen LogP contribution in [0.15, 0.2) is 0 Å². The molecule has 5 N–H and O–H groups in total. The molecule has 0 aromatic heterocycles. The fraction of sp³-hybridized carbons (Fsp3) is 0.889. The molecule has 0 aromatic rings. The maximum absolute atomic E-state index is 11.6. The molecular weight excluding hydrogens is 292 g/mol. The maximum atomic E-state index is 11.6. The molecule has 0 spiro atoms. The Balaban J connectivity index is 0. The molecule has 0 saturated heterocycles. The Hall–Kier alpha value is -0.940. The fourth-order valence-electron chi connectivity index (χ4n) is 2.43. The van der Waals surface area contributed by atoms with Crippen LogP contribution in [0.3, 0.4) is 0 Å². The van der Waals surface area contributed by atoms with E-state index in [4.69, 9.17) is 0 Å². The number of hydrogen-bond donors (Lipinski definition) is 2. The van der Waals surface area contributed by atoms with Gasteiger partial charge in [0.25, 0.3) is 0 Å². The average Bonchev–Trinajstić information content (AvgIpc) is 2.50. The predicted octanol–water partition coefficient (Wildman–Crippen LogP) is 3.36. The molecule has 138 valence electrons. The number of quaternary nitrogens is 1. The molecule has 0 heterocycles. The van der Waals surface area contributed by atoms with Crippen LogP contribution >= 0.6 is 0 Å². The van der Waals surface area contributed by atoms with Crippen LogP contribution in [0.2, 0.25) is 0 Å². The SMILES string of the molecule is CCCCCCCCCCCCCC(=O)CN[C@@H](C)C(=O)[O-].[NH4+]. The molecule has 0 aliphatic heterocycles. The molecule has 1 atom stereocenters. The van der Waals surface area contributed by atoms with E-state index in [0.717, 1.165) is 12.8 Å². The summed E-state index contributed by atoms with van der Waals surface area (Å²) in [5, 5.41) is 13.1. The first-order valence-electron chi connectivity index (χ1n) is 9.03. The summed E-state index contributed by atoms with van der Waals surface area (Å²) in [5.41, 5.74) is 0. The zero-order chi connectivity index (χ0) is 16.6. The third kappa shape index (κ3) is 17.2. The van der Waals surface area contributed by atoms with Gasteiger partial charge in [0.2, 0.25) is 0 Å². The first-order valence-corrected chi connectivity index (χ1v) is 9.03. The van der Waals surface area contributed by atoms with Gasteiger partial charge in [0.1, 0.15) is 5.78 Å². The van der Waals surface area contributed by atoms with Crippen molar-refractivity contribution in [2.45, 2.75) is 96.9 Å². The molecule has 0 bridgehead atoms. The Bertz CT molecular complexity index is 296. The molecule has 5 nitrogen and oxygen atoms in total. The normalized spacial score (nSPS) is 11.7. The van der Waals surface area contributed by atoms with Gasteiger partial charge in [-0.1, -0.05) is 71.1 Å². The second-order valence-corrected chi connectivity index (χ2v) is 6.25. The molecule has 23 heavy (non-hydrogen) atoms. The summed E-state index contributed by atoms with van der Waals surface area (Å²) >= 11 is 0. The molecule has 0 amide bonds. The molecule has 0 rings (SSSR count). The zero-order valence-electron chi connectivity index (χ0n) is 15.5. The Morgan fingerprint density at radius 1 is 0.870 bits per heavy atom. The van der Waals surface area contributed by atoms with Crippen molar-refractivity contribution in [3.8, 4) is 0 Å². The number of carbonyl (C=O) groups is 2. The molecule has 0 saturated carbocycles. The fourth-order valence-corrected chi connectivity index (χ4v) is 2.43. The van der Waals surface area contributed by atoms with E-state index < -0.39 is 12.0 Å². The van der Waals surface area contributed by atoms with Crippen LogP contribution in [0.1, 0.15) is 90.9 Å². The minimum Gasteiger partial charge on any atom is -0.548 e. The lowest BCUT2D eigenvalue weighted by atomic mass is 10.0. The standard InChI is InChI=1S/C18H35NO3.H3N/c1-3-4-5-6-7-8-9-10-11-12-13-14-17(20)15-19-16(2)18(21)22;/h16,19H,3-15H2,1-2H3,(H,21,22);1H3/t16-;/m0./s1. The van der Waals surface area contributed by atoms with Gasteiger partial charge in [-0.05, 0) is 13.3 Å². The molecule has 0 unspecified atom stereocenters. The smallest absolute Gasteiger partial charge is 0.146 e. The second kappa shape index (κ2) is 17.4. The number of nitrogens with one attached hydrogen (secondary N) is 1. The summed E-state index contributed by atoms with van der Waals surface area (Å²) in [7, 11) is 0. The number of rotatable bonds is 16. The maximum Gasteiger partial charge on any atom is 0.146 e. The summed E-state index contributed by atoms with van der Waals surface area (Å²) in [4.78, 5) is 22.0. The Morgan fingerprint density at radius 3 is 1.74 bits per heavy atom. The van der Waals surface area contributed by atoms with Crippen molar-refractivity contribution < 1.29 is 14.7 Å². The van der Waals surface area contributed by atoms with Gasteiger partial charge in [0.05, 0.1) is 12.5 Å². The monoisotopic (exact) mass is 330 g/mol. The van der Waals surface area contributed by atoms with Crippen LogP contribution in [0.25, 0.3) is 0 Å². The number of unbranched alkanes of at least 4 members (excludes halogenated alkanes) is 10. The molecule has 0 aliphatic rings. The van der Waals surface area contributed by atoms with E-state index in [1.807, 2.05) is 0 Å². The van der Waals surface area contributed by atoms with Gasteiger partial charge >= 0.3 is 0 Å². The Morgan fingerprint density at radius 2 is 1.30 bits per heavy atom. The molecule has 5 heteroatoms. The highest BCUT2D eigenvalue weighted by molar-refractivity contribution is 5.81. The third-order valence-corrected chi connectivity index (χ3v) is 4.02. The van der Waals surface area contributed by atoms with Crippen molar-refractivity contribution in [1.29, 1.82) is 0 Å². The van der Waals surface area contributed by atoms with Crippen molar-refractivity contribution in [2.75, 3.05) is 6.54 Å². The van der Waals surface area contributed by atoms with E-state index in [0.29, 0.717) is 6.42 Å². The lowest BCUT2D eigenvalue weighted by Crippen LogP contribution is -2.45. The van der Waals surface area contributed by atoms with Gasteiger partial charge in [-0.25, -0.2) is 0 Å². The van der Waals surface area contributed by atoms with Crippen molar-refractivity contribution in [3.63, 3.8) is 0 Å². The van der Waals surface area contributed by atoms with E-state index >= 15 is 0 Å². The van der Waals surface area contributed by atoms with Crippen LogP contribution in [-0.2, 0) is 9.59 Å². The number of Topliss-reactive ketones (excluding diaryl/α,β-unsaturated/α-hetero) is 1. The lowest BCUT2D eigenvalue weighted by Gasteiger charge is -2.13. The Kier molecular flexibility index (Phi) is 18.4. The molecule has 0 fully saturated rings. The zero-order valence-corrected chi connectivity index (χ0v) is 15.5. The summed E-state index contributed by atoms with van der Waals surface area (Å²) in [6, 6.07) is -0.763. The van der Waals surface area contributed by atoms with E-state index in [1.165, 1.54) is 64.7 Å². The third-order valence-electron chi connectivity index (χ3n) is 4.02. The molecular formula is C18H38N2O3. The topological polar surface area (TPSA) is 106 Å². The largest absolute Gasteiger partial charge is 0.548 e. The van der Waals surface area contributed by atoms with E-state index in [9.17, 15) is 14.7 Å². The average molecular weight is 331 g/mol. The van der Waals surface area contributed by atoms with Gasteiger partial charge in [0, 0.05) is 12.5 Å². The van der Waals surface area contributed by atoms with Crippen LogP contribution in [0, 0.1) is 0 Å². The molecule has 0 aromatic carbocycles. The van der Waals surface area contributed by atoms with Crippen molar-refractivity contribution in [2.24, 2.45) is 0 Å². The second-order valence-electron chi connectivity index (χ2n) is 6.25. The highest BCUT2D eigenvalue weighted by atomic mass is 16.4. The summed E-state index contributed by atoms with van der Waals surface area (Å²) in [6.45, 7) is 3.86. The van der Waals surface area contributed by atoms with Crippen LogP contribution in [-0.4, -0.2) is 24.3 Å². The van der Waals surface area contributed by atoms with Crippen LogP contribution < -0.4 is 16.6 Å². The summed E-state index contributed by atoms with van der Waals surface area (Å²) in [6.07, 6.45) is 14.5. The summed E-state index contributed by atoms with van der Waals surface area (Å²) < 4.78 is 0. The van der Waals surface area contributed by atoms with Gasteiger partial charge in [-0.3, -0.25) is 4.79 Å². The van der Waals surface area contributed by atoms with Crippen LogP contribution in [0.4, 0.5) is 0 Å². The van der Waals surface area contributed by atoms with Crippen molar-refractivity contribution >= 4 is 11.8 Å².